The third-order valence-corrected chi connectivity index (χ3v) is 3.62. The van der Waals surface area contributed by atoms with Crippen molar-refractivity contribution >= 4 is 24.4 Å². The van der Waals surface area contributed by atoms with Crippen LogP contribution < -0.4 is 9.98 Å². The standard InChI is InChI=1S/C8H18NO4PS/c1-6(2)5-7(8(10)12-3)9-14(11,15)13-4/h6-7H,5H2,1-4H3,(H2,9,11,15)/p-1. The Balaban J connectivity index is 4.51. The van der Waals surface area contributed by atoms with E-state index in [0.717, 1.165) is 0 Å². The van der Waals surface area contributed by atoms with Crippen molar-refractivity contribution < 1.29 is 18.9 Å². The summed E-state index contributed by atoms with van der Waals surface area (Å²) < 4.78 is 9.18. The van der Waals surface area contributed by atoms with E-state index in [2.05, 4.69) is 26.2 Å². The molecule has 7 heteroatoms. The lowest BCUT2D eigenvalue weighted by molar-refractivity contribution is -0.185. The molecule has 0 spiro atoms. The van der Waals surface area contributed by atoms with Crippen molar-refractivity contribution in [2.75, 3.05) is 14.2 Å². The van der Waals surface area contributed by atoms with Crippen molar-refractivity contribution in [1.29, 1.82) is 0 Å². The number of esters is 1. The zero-order chi connectivity index (χ0) is 12.1. The van der Waals surface area contributed by atoms with E-state index in [4.69, 9.17) is 0 Å². The predicted octanol–water partition coefficient (Wildman–Crippen LogP) is 0.395. The minimum atomic E-state index is -3.32. The number of nitrogens with one attached hydrogen (secondary N) is 1. The molecular formula is C8H17NO4PS-. The molecular weight excluding hydrogens is 237 g/mol. The van der Waals surface area contributed by atoms with Gasteiger partial charge >= 0.3 is 5.97 Å². The highest BCUT2D eigenvalue weighted by molar-refractivity contribution is 8.07. The Labute approximate surface area is 95.4 Å². The van der Waals surface area contributed by atoms with Gasteiger partial charge in [0, 0.05) is 7.11 Å². The summed E-state index contributed by atoms with van der Waals surface area (Å²) in [4.78, 5) is 22.8. The van der Waals surface area contributed by atoms with Crippen LogP contribution in [0.4, 0.5) is 0 Å². The van der Waals surface area contributed by atoms with E-state index in [0.29, 0.717) is 6.42 Å². The summed E-state index contributed by atoms with van der Waals surface area (Å²) in [7, 11) is 2.52. The summed E-state index contributed by atoms with van der Waals surface area (Å²) in [6, 6.07) is -0.682. The Kier molecular flexibility index (Phi) is 6.55. The smallest absolute Gasteiger partial charge is 0.323 e. The van der Waals surface area contributed by atoms with E-state index in [1.807, 2.05) is 13.8 Å². The lowest BCUT2D eigenvalue weighted by Crippen LogP contribution is -2.39. The van der Waals surface area contributed by atoms with Crippen LogP contribution in [0.3, 0.4) is 0 Å². The molecule has 0 aromatic rings. The van der Waals surface area contributed by atoms with Gasteiger partial charge in [0.25, 0.3) is 0 Å². The summed E-state index contributed by atoms with van der Waals surface area (Å²) >= 11 is 4.66. The number of carbonyl (C=O) groups excluding carboxylic acids is 1. The van der Waals surface area contributed by atoms with Gasteiger partial charge in [0.1, 0.15) is 6.04 Å². The van der Waals surface area contributed by atoms with Crippen LogP contribution in [0.2, 0.25) is 0 Å². The van der Waals surface area contributed by atoms with E-state index in [-0.39, 0.29) is 5.92 Å². The highest BCUT2D eigenvalue weighted by Gasteiger charge is 2.22. The Morgan fingerprint density at radius 2 is 2.07 bits per heavy atom. The molecule has 0 bridgehead atoms. The topological polar surface area (TPSA) is 70.6 Å². The van der Waals surface area contributed by atoms with Gasteiger partial charge in [0.05, 0.1) is 13.8 Å². The number of rotatable bonds is 6. The first-order chi connectivity index (χ1) is 6.82. The molecule has 2 unspecified atom stereocenters. The Bertz CT molecular complexity index is 259. The summed E-state index contributed by atoms with van der Waals surface area (Å²) in [6.45, 7) is 0.566. The SMILES string of the molecule is COC(=O)C(CC(C)C)NP([O-])(=S)OC. The second-order valence-corrected chi connectivity index (χ2v) is 6.57. The Morgan fingerprint density at radius 3 is 2.40 bits per heavy atom. The third-order valence-electron chi connectivity index (χ3n) is 1.75. The molecule has 0 aliphatic carbocycles. The lowest BCUT2D eigenvalue weighted by Gasteiger charge is -2.31. The van der Waals surface area contributed by atoms with Crippen LogP contribution >= 0.6 is 6.64 Å². The molecule has 0 rings (SSSR count). The molecule has 0 heterocycles. The molecule has 0 saturated carbocycles. The molecule has 90 valence electrons. The molecule has 2 atom stereocenters. The zero-order valence-electron chi connectivity index (χ0n) is 9.35. The van der Waals surface area contributed by atoms with Crippen molar-refractivity contribution in [2.24, 2.45) is 5.92 Å². The van der Waals surface area contributed by atoms with E-state index in [1.165, 1.54) is 14.2 Å². The Hall–Kier alpha value is -0.0000000000000000763. The van der Waals surface area contributed by atoms with Crippen LogP contribution in [-0.4, -0.2) is 26.2 Å². The minimum absolute atomic E-state index is 0.258. The summed E-state index contributed by atoms with van der Waals surface area (Å²) in [5.74, 6) is -0.223. The van der Waals surface area contributed by atoms with E-state index in [1.54, 1.807) is 0 Å². The molecule has 1 N–H and O–H groups in total. The monoisotopic (exact) mass is 254 g/mol. The maximum Gasteiger partial charge on any atom is 0.323 e. The number of hydrogen-bond acceptors (Lipinski definition) is 5. The van der Waals surface area contributed by atoms with Crippen LogP contribution in [0.1, 0.15) is 20.3 Å². The van der Waals surface area contributed by atoms with Crippen LogP contribution in [0, 0.1) is 5.92 Å². The second-order valence-electron chi connectivity index (χ2n) is 3.51. The molecule has 0 aromatic carbocycles. The maximum atomic E-state index is 11.5. The van der Waals surface area contributed by atoms with Gasteiger partial charge in [0.2, 0.25) is 0 Å². The summed E-state index contributed by atoms with van der Waals surface area (Å²) in [5, 5.41) is 2.50. The van der Waals surface area contributed by atoms with Gasteiger partial charge in [-0.15, -0.1) is 0 Å². The van der Waals surface area contributed by atoms with Crippen LogP contribution in [0.25, 0.3) is 0 Å². The van der Waals surface area contributed by atoms with Gasteiger partial charge in [-0.05, 0) is 12.3 Å². The van der Waals surface area contributed by atoms with Gasteiger partial charge in [-0.1, -0.05) is 25.7 Å². The van der Waals surface area contributed by atoms with Gasteiger partial charge in [-0.3, -0.25) is 9.88 Å². The molecule has 15 heavy (non-hydrogen) atoms. The fraction of sp³-hybridized carbons (Fsp3) is 0.875. The average molecular weight is 254 g/mol. The number of methoxy groups -OCH3 is 1. The largest absolute Gasteiger partial charge is 0.789 e. The van der Waals surface area contributed by atoms with E-state index < -0.39 is 18.7 Å². The van der Waals surface area contributed by atoms with Crippen molar-refractivity contribution in [3.05, 3.63) is 0 Å². The van der Waals surface area contributed by atoms with Crippen LogP contribution in [0.5, 0.6) is 0 Å². The molecule has 0 amide bonds. The number of hydrogen-bond donors (Lipinski definition) is 1. The normalized spacial score (nSPS) is 17.2. The first-order valence-electron chi connectivity index (χ1n) is 4.54. The molecule has 0 aliphatic heterocycles. The van der Waals surface area contributed by atoms with Crippen molar-refractivity contribution in [3.63, 3.8) is 0 Å². The molecule has 0 aliphatic rings. The average Bonchev–Trinajstić information content (AvgIpc) is 2.14. The zero-order valence-corrected chi connectivity index (χ0v) is 11.1. The molecule has 0 fully saturated rings. The Morgan fingerprint density at radius 1 is 1.53 bits per heavy atom. The van der Waals surface area contributed by atoms with Crippen molar-refractivity contribution in [2.45, 2.75) is 26.3 Å². The van der Waals surface area contributed by atoms with E-state index >= 15 is 0 Å². The molecule has 5 nitrogen and oxygen atoms in total. The highest BCUT2D eigenvalue weighted by Crippen LogP contribution is 2.32. The molecule has 0 aromatic heterocycles. The molecule has 0 radical (unpaired) electrons. The third kappa shape index (κ3) is 6.22. The predicted molar refractivity (Wildman–Crippen MR) is 59.7 cm³/mol. The molecule has 0 saturated heterocycles. The van der Waals surface area contributed by atoms with Gasteiger partial charge in [-0.25, -0.2) is 0 Å². The lowest BCUT2D eigenvalue weighted by atomic mass is 10.1. The first-order valence-corrected chi connectivity index (χ1v) is 7.18. The number of ether oxygens (including phenoxy) is 1. The fourth-order valence-corrected chi connectivity index (χ4v) is 2.14. The van der Waals surface area contributed by atoms with E-state index in [9.17, 15) is 9.69 Å². The summed E-state index contributed by atoms with van der Waals surface area (Å²) in [5.41, 5.74) is 0. The number of carbonyl (C=O) groups is 1. The van der Waals surface area contributed by atoms with Gasteiger partial charge < -0.3 is 14.2 Å². The van der Waals surface area contributed by atoms with Gasteiger partial charge in [-0.2, -0.15) is 0 Å². The first kappa shape index (κ1) is 15.0. The van der Waals surface area contributed by atoms with Crippen LogP contribution in [-0.2, 0) is 25.9 Å². The minimum Gasteiger partial charge on any atom is -0.789 e. The fourth-order valence-electron chi connectivity index (χ4n) is 1.06. The van der Waals surface area contributed by atoms with Crippen molar-refractivity contribution in [3.8, 4) is 0 Å². The van der Waals surface area contributed by atoms with Gasteiger partial charge in [0.15, 0.2) is 0 Å². The summed E-state index contributed by atoms with van der Waals surface area (Å²) in [6.07, 6.45) is 0.497. The quantitative estimate of drug-likeness (QED) is 0.546. The van der Waals surface area contributed by atoms with Crippen LogP contribution in [0.15, 0.2) is 0 Å². The van der Waals surface area contributed by atoms with Crippen molar-refractivity contribution in [1.82, 2.24) is 5.09 Å². The maximum absolute atomic E-state index is 11.5. The second kappa shape index (κ2) is 6.55. The highest BCUT2D eigenvalue weighted by atomic mass is 32.5.